The lowest BCUT2D eigenvalue weighted by molar-refractivity contribution is -0.137. The third kappa shape index (κ3) is 4.08. The van der Waals surface area contributed by atoms with E-state index in [2.05, 4.69) is 5.32 Å². The first-order valence-electron chi connectivity index (χ1n) is 8.63. The van der Waals surface area contributed by atoms with Crippen LogP contribution in [0.15, 0.2) is 48.5 Å². The SMILES string of the molecule is CCOc1ccc(NC(=O)CN2C(=O)c3ccccc3OC(C)C2=O)cc1. The fourth-order valence-corrected chi connectivity index (χ4v) is 2.75. The summed E-state index contributed by atoms with van der Waals surface area (Å²) in [5.41, 5.74) is 0.798. The standard InChI is InChI=1S/C20H20N2O5/c1-3-26-15-10-8-14(9-11-15)21-18(23)12-22-19(24)13(2)27-17-7-5-4-6-16(17)20(22)25/h4-11,13H,3,12H2,1-2H3,(H,21,23). The molecule has 0 aromatic heterocycles. The minimum atomic E-state index is -0.865. The van der Waals surface area contributed by atoms with Gasteiger partial charge >= 0.3 is 0 Å². The van der Waals surface area contributed by atoms with Crippen molar-refractivity contribution in [2.45, 2.75) is 20.0 Å². The molecule has 2 aromatic rings. The van der Waals surface area contributed by atoms with E-state index in [9.17, 15) is 14.4 Å². The Morgan fingerprint density at radius 2 is 1.85 bits per heavy atom. The van der Waals surface area contributed by atoms with Gasteiger partial charge in [0.15, 0.2) is 6.10 Å². The summed E-state index contributed by atoms with van der Waals surface area (Å²) in [6.45, 7) is 3.59. The van der Waals surface area contributed by atoms with Crippen molar-refractivity contribution in [3.8, 4) is 11.5 Å². The number of para-hydroxylation sites is 1. The van der Waals surface area contributed by atoms with Crippen molar-refractivity contribution < 1.29 is 23.9 Å². The molecule has 1 heterocycles. The smallest absolute Gasteiger partial charge is 0.270 e. The number of amides is 3. The van der Waals surface area contributed by atoms with E-state index in [4.69, 9.17) is 9.47 Å². The quantitative estimate of drug-likeness (QED) is 0.820. The summed E-state index contributed by atoms with van der Waals surface area (Å²) in [4.78, 5) is 38.5. The van der Waals surface area contributed by atoms with Gasteiger partial charge in [-0.3, -0.25) is 19.3 Å². The number of anilines is 1. The lowest BCUT2D eigenvalue weighted by atomic mass is 10.2. The number of nitrogens with one attached hydrogen (secondary N) is 1. The van der Waals surface area contributed by atoms with Gasteiger partial charge in [-0.2, -0.15) is 0 Å². The van der Waals surface area contributed by atoms with Crippen LogP contribution >= 0.6 is 0 Å². The van der Waals surface area contributed by atoms with E-state index in [1.807, 2.05) is 6.92 Å². The van der Waals surface area contributed by atoms with Crippen LogP contribution in [0.3, 0.4) is 0 Å². The summed E-state index contributed by atoms with van der Waals surface area (Å²) in [5, 5.41) is 2.68. The average Bonchev–Trinajstić information content (AvgIpc) is 2.74. The van der Waals surface area contributed by atoms with E-state index in [0.717, 1.165) is 4.90 Å². The van der Waals surface area contributed by atoms with Gasteiger partial charge < -0.3 is 14.8 Å². The van der Waals surface area contributed by atoms with Crippen LogP contribution in [0.1, 0.15) is 24.2 Å². The number of ether oxygens (including phenoxy) is 2. The molecular weight excluding hydrogens is 348 g/mol. The van der Waals surface area contributed by atoms with E-state index in [0.29, 0.717) is 23.8 Å². The van der Waals surface area contributed by atoms with Crippen LogP contribution in [0.4, 0.5) is 5.69 Å². The molecule has 1 aliphatic rings. The molecule has 3 amide bonds. The number of fused-ring (bicyclic) bond motifs is 1. The third-order valence-corrected chi connectivity index (χ3v) is 4.03. The second-order valence-corrected chi connectivity index (χ2v) is 5.99. The average molecular weight is 368 g/mol. The molecule has 0 bridgehead atoms. The first kappa shape index (κ1) is 18.4. The fraction of sp³-hybridized carbons (Fsp3) is 0.250. The molecular formula is C20H20N2O5. The molecule has 0 fully saturated rings. The van der Waals surface area contributed by atoms with Gasteiger partial charge in [0.05, 0.1) is 12.2 Å². The molecule has 0 saturated carbocycles. The van der Waals surface area contributed by atoms with Crippen molar-refractivity contribution in [2.75, 3.05) is 18.5 Å². The molecule has 1 atom stereocenters. The number of nitrogens with zero attached hydrogens (tertiary/aromatic N) is 1. The number of carbonyl (C=O) groups is 3. The third-order valence-electron chi connectivity index (χ3n) is 4.03. The van der Waals surface area contributed by atoms with Crippen LogP contribution in [0.2, 0.25) is 0 Å². The summed E-state index contributed by atoms with van der Waals surface area (Å²) in [7, 11) is 0. The Balaban J connectivity index is 1.74. The second-order valence-electron chi connectivity index (χ2n) is 5.99. The molecule has 27 heavy (non-hydrogen) atoms. The van der Waals surface area contributed by atoms with Gasteiger partial charge in [-0.05, 0) is 50.2 Å². The molecule has 1 aliphatic heterocycles. The number of benzene rings is 2. The highest BCUT2D eigenvalue weighted by molar-refractivity contribution is 6.11. The summed E-state index contributed by atoms with van der Waals surface area (Å²) >= 11 is 0. The lowest BCUT2D eigenvalue weighted by Gasteiger charge is -2.20. The second kappa shape index (κ2) is 7.90. The Morgan fingerprint density at radius 3 is 2.56 bits per heavy atom. The molecule has 0 saturated heterocycles. The van der Waals surface area contributed by atoms with Gasteiger partial charge in [0, 0.05) is 5.69 Å². The van der Waals surface area contributed by atoms with Gasteiger partial charge in [-0.25, -0.2) is 0 Å². The van der Waals surface area contributed by atoms with E-state index < -0.39 is 30.4 Å². The maximum absolute atomic E-state index is 12.7. The van der Waals surface area contributed by atoms with Gasteiger partial charge in [0.1, 0.15) is 18.0 Å². The molecule has 7 nitrogen and oxygen atoms in total. The monoisotopic (exact) mass is 368 g/mol. The number of hydrogen-bond donors (Lipinski definition) is 1. The Bertz CT molecular complexity index is 863. The van der Waals surface area contributed by atoms with Crippen LogP contribution in [0.5, 0.6) is 11.5 Å². The highest BCUT2D eigenvalue weighted by atomic mass is 16.5. The molecule has 3 rings (SSSR count). The lowest BCUT2D eigenvalue weighted by Crippen LogP contribution is -2.45. The van der Waals surface area contributed by atoms with Crippen molar-refractivity contribution in [3.63, 3.8) is 0 Å². The van der Waals surface area contributed by atoms with Crippen molar-refractivity contribution in [2.24, 2.45) is 0 Å². The zero-order valence-corrected chi connectivity index (χ0v) is 15.1. The van der Waals surface area contributed by atoms with Crippen molar-refractivity contribution >= 4 is 23.4 Å². The normalized spacial score (nSPS) is 16.2. The number of hydrogen-bond acceptors (Lipinski definition) is 5. The number of rotatable bonds is 5. The van der Waals surface area contributed by atoms with E-state index in [-0.39, 0.29) is 5.56 Å². The van der Waals surface area contributed by atoms with Crippen LogP contribution in [-0.4, -0.2) is 41.9 Å². The highest BCUT2D eigenvalue weighted by Gasteiger charge is 2.35. The molecule has 1 unspecified atom stereocenters. The number of imide groups is 1. The van der Waals surface area contributed by atoms with Crippen LogP contribution in [-0.2, 0) is 9.59 Å². The number of carbonyl (C=O) groups excluding carboxylic acids is 3. The van der Waals surface area contributed by atoms with E-state index >= 15 is 0 Å². The molecule has 0 aliphatic carbocycles. The van der Waals surface area contributed by atoms with Gasteiger partial charge in [-0.1, -0.05) is 12.1 Å². The molecule has 0 radical (unpaired) electrons. The molecule has 1 N–H and O–H groups in total. The summed E-state index contributed by atoms with van der Waals surface area (Å²) in [6, 6.07) is 13.4. The van der Waals surface area contributed by atoms with Crippen molar-refractivity contribution in [1.82, 2.24) is 4.90 Å². The highest BCUT2D eigenvalue weighted by Crippen LogP contribution is 2.25. The van der Waals surface area contributed by atoms with Crippen LogP contribution < -0.4 is 14.8 Å². The van der Waals surface area contributed by atoms with Gasteiger partial charge in [0.25, 0.3) is 11.8 Å². The summed E-state index contributed by atoms with van der Waals surface area (Å²) in [5.74, 6) is -0.569. The predicted molar refractivity (Wildman–Crippen MR) is 98.8 cm³/mol. The zero-order chi connectivity index (χ0) is 19.4. The van der Waals surface area contributed by atoms with Gasteiger partial charge in [0.2, 0.25) is 5.91 Å². The summed E-state index contributed by atoms with van der Waals surface area (Å²) < 4.78 is 10.9. The molecule has 140 valence electrons. The fourth-order valence-electron chi connectivity index (χ4n) is 2.75. The van der Waals surface area contributed by atoms with Crippen molar-refractivity contribution in [3.05, 3.63) is 54.1 Å². The Kier molecular flexibility index (Phi) is 5.40. The predicted octanol–water partition coefficient (Wildman–Crippen LogP) is 2.47. The first-order chi connectivity index (χ1) is 13.0. The van der Waals surface area contributed by atoms with E-state index in [1.54, 1.807) is 55.5 Å². The molecule has 2 aromatic carbocycles. The van der Waals surface area contributed by atoms with Gasteiger partial charge in [-0.15, -0.1) is 0 Å². The Hall–Kier alpha value is -3.35. The van der Waals surface area contributed by atoms with E-state index in [1.165, 1.54) is 0 Å². The van der Waals surface area contributed by atoms with Crippen molar-refractivity contribution in [1.29, 1.82) is 0 Å². The Morgan fingerprint density at radius 1 is 1.15 bits per heavy atom. The molecule has 7 heteroatoms. The summed E-state index contributed by atoms with van der Waals surface area (Å²) in [6.07, 6.45) is -0.865. The van der Waals surface area contributed by atoms with Crippen LogP contribution in [0.25, 0.3) is 0 Å². The minimum absolute atomic E-state index is 0.254. The largest absolute Gasteiger partial charge is 0.494 e. The zero-order valence-electron chi connectivity index (χ0n) is 15.1. The topological polar surface area (TPSA) is 84.9 Å². The minimum Gasteiger partial charge on any atom is -0.494 e. The maximum atomic E-state index is 12.7. The maximum Gasteiger partial charge on any atom is 0.270 e. The van der Waals surface area contributed by atoms with Crippen LogP contribution in [0, 0.1) is 0 Å². The molecule has 0 spiro atoms. The first-order valence-corrected chi connectivity index (χ1v) is 8.63. The Labute approximate surface area is 156 Å².